The molecule has 2 rings (SSSR count). The van der Waals surface area contributed by atoms with Crippen LogP contribution >= 0.6 is 34.8 Å². The minimum Gasteiger partial charge on any atom is -0.482 e. The largest absolute Gasteiger partial charge is 0.482 e. The number of carbonyl (C=O) groups excluding carboxylic acids is 1. The number of ether oxygens (including phenoxy) is 1. The first-order valence-corrected chi connectivity index (χ1v) is 7.02. The van der Waals surface area contributed by atoms with Gasteiger partial charge < -0.3 is 15.8 Å². The number of nitrogen functional groups attached to an aromatic ring is 1. The maximum absolute atomic E-state index is 11.8. The molecule has 0 radical (unpaired) electrons. The Hall–Kier alpha value is -1.62. The van der Waals surface area contributed by atoms with Gasteiger partial charge >= 0.3 is 0 Å². The second-order valence-electron chi connectivity index (χ2n) is 4.15. The van der Waals surface area contributed by atoms with E-state index < -0.39 is 0 Å². The Bertz CT molecular complexity index is 660. The van der Waals surface area contributed by atoms with Crippen LogP contribution < -0.4 is 15.8 Å². The topological polar surface area (TPSA) is 64.3 Å². The number of benzene rings is 2. The lowest BCUT2D eigenvalue weighted by molar-refractivity contribution is -0.118. The lowest BCUT2D eigenvalue weighted by Gasteiger charge is -2.10. The second-order valence-corrected chi connectivity index (χ2v) is 5.40. The highest BCUT2D eigenvalue weighted by Gasteiger charge is 2.09. The fourth-order valence-corrected chi connectivity index (χ4v) is 1.99. The van der Waals surface area contributed by atoms with Crippen LogP contribution in [-0.2, 0) is 4.79 Å². The normalized spacial score (nSPS) is 10.2. The first kappa shape index (κ1) is 15.8. The number of anilines is 2. The van der Waals surface area contributed by atoms with Crippen molar-refractivity contribution < 1.29 is 9.53 Å². The van der Waals surface area contributed by atoms with Crippen LogP contribution in [0.25, 0.3) is 0 Å². The van der Waals surface area contributed by atoms with Crippen molar-refractivity contribution in [1.82, 2.24) is 0 Å². The molecule has 2 aromatic carbocycles. The standard InChI is InChI=1S/C14H11Cl3N2O2/c15-8-1-3-9(4-2-8)19-14(20)7-21-13-6-11(17)10(16)5-12(13)18/h1-6H,7,18H2,(H,19,20). The molecule has 0 aromatic heterocycles. The van der Waals surface area contributed by atoms with Crippen molar-refractivity contribution in [3.05, 3.63) is 51.5 Å². The Morgan fingerprint density at radius 2 is 1.71 bits per heavy atom. The van der Waals surface area contributed by atoms with Crippen molar-refractivity contribution in [2.75, 3.05) is 17.7 Å². The van der Waals surface area contributed by atoms with Crippen molar-refractivity contribution in [3.8, 4) is 5.75 Å². The van der Waals surface area contributed by atoms with E-state index in [4.69, 9.17) is 45.3 Å². The average Bonchev–Trinajstić information content (AvgIpc) is 2.44. The molecule has 0 aliphatic heterocycles. The van der Waals surface area contributed by atoms with E-state index in [0.717, 1.165) is 0 Å². The predicted octanol–water partition coefficient (Wildman–Crippen LogP) is 4.25. The van der Waals surface area contributed by atoms with Gasteiger partial charge in [-0.2, -0.15) is 0 Å². The van der Waals surface area contributed by atoms with Crippen LogP contribution in [0.3, 0.4) is 0 Å². The van der Waals surface area contributed by atoms with E-state index in [1.165, 1.54) is 12.1 Å². The number of hydrogen-bond donors (Lipinski definition) is 2. The minimum atomic E-state index is -0.331. The lowest BCUT2D eigenvalue weighted by atomic mass is 10.3. The molecule has 1 amide bonds. The number of hydrogen-bond acceptors (Lipinski definition) is 3. The van der Waals surface area contributed by atoms with Gasteiger partial charge in [0.05, 0.1) is 15.7 Å². The van der Waals surface area contributed by atoms with E-state index in [-0.39, 0.29) is 12.5 Å². The first-order valence-electron chi connectivity index (χ1n) is 5.88. The molecule has 0 spiro atoms. The summed E-state index contributed by atoms with van der Waals surface area (Å²) in [6, 6.07) is 9.66. The Morgan fingerprint density at radius 1 is 1.10 bits per heavy atom. The van der Waals surface area contributed by atoms with Crippen molar-refractivity contribution in [1.29, 1.82) is 0 Å². The molecule has 3 N–H and O–H groups in total. The molecule has 0 atom stereocenters. The quantitative estimate of drug-likeness (QED) is 0.814. The van der Waals surface area contributed by atoms with Crippen LogP contribution in [-0.4, -0.2) is 12.5 Å². The highest BCUT2D eigenvalue weighted by molar-refractivity contribution is 6.42. The summed E-state index contributed by atoms with van der Waals surface area (Å²) in [4.78, 5) is 11.8. The molecule has 0 bridgehead atoms. The van der Waals surface area contributed by atoms with Crippen LogP contribution in [0, 0.1) is 0 Å². The van der Waals surface area contributed by atoms with Gasteiger partial charge in [0, 0.05) is 16.8 Å². The minimum absolute atomic E-state index is 0.204. The summed E-state index contributed by atoms with van der Waals surface area (Å²) in [5.74, 6) is -0.0292. The zero-order chi connectivity index (χ0) is 15.4. The molecule has 0 unspecified atom stereocenters. The lowest BCUT2D eigenvalue weighted by Crippen LogP contribution is -2.20. The Morgan fingerprint density at radius 3 is 2.38 bits per heavy atom. The smallest absolute Gasteiger partial charge is 0.262 e. The Labute approximate surface area is 136 Å². The number of amides is 1. The predicted molar refractivity (Wildman–Crippen MR) is 86.5 cm³/mol. The SMILES string of the molecule is Nc1cc(Cl)c(Cl)cc1OCC(=O)Nc1ccc(Cl)cc1. The fourth-order valence-electron chi connectivity index (χ4n) is 1.54. The van der Waals surface area contributed by atoms with Crippen molar-refractivity contribution in [3.63, 3.8) is 0 Å². The van der Waals surface area contributed by atoms with Gasteiger partial charge in [0.15, 0.2) is 6.61 Å². The highest BCUT2D eigenvalue weighted by atomic mass is 35.5. The summed E-state index contributed by atoms with van der Waals surface area (Å²) in [5, 5.41) is 3.88. The van der Waals surface area contributed by atoms with E-state index in [0.29, 0.717) is 32.2 Å². The van der Waals surface area contributed by atoms with Crippen LogP contribution in [0.5, 0.6) is 5.75 Å². The van der Waals surface area contributed by atoms with Gasteiger partial charge in [-0.1, -0.05) is 34.8 Å². The number of nitrogens with two attached hydrogens (primary N) is 1. The van der Waals surface area contributed by atoms with E-state index in [2.05, 4.69) is 5.32 Å². The van der Waals surface area contributed by atoms with Crippen LogP contribution in [0.15, 0.2) is 36.4 Å². The fraction of sp³-hybridized carbons (Fsp3) is 0.0714. The van der Waals surface area contributed by atoms with Gasteiger partial charge in [-0.15, -0.1) is 0 Å². The molecule has 0 fully saturated rings. The van der Waals surface area contributed by atoms with E-state index >= 15 is 0 Å². The number of carbonyl (C=O) groups is 1. The van der Waals surface area contributed by atoms with Crippen molar-refractivity contribution in [2.45, 2.75) is 0 Å². The van der Waals surface area contributed by atoms with Crippen LogP contribution in [0.2, 0.25) is 15.1 Å². The van der Waals surface area contributed by atoms with Gasteiger partial charge in [0.2, 0.25) is 0 Å². The van der Waals surface area contributed by atoms with Crippen molar-refractivity contribution >= 4 is 52.1 Å². The number of rotatable bonds is 4. The number of nitrogens with one attached hydrogen (secondary N) is 1. The molecule has 0 aliphatic rings. The van der Waals surface area contributed by atoms with Gasteiger partial charge in [-0.25, -0.2) is 0 Å². The highest BCUT2D eigenvalue weighted by Crippen LogP contribution is 2.32. The van der Waals surface area contributed by atoms with E-state index in [1.54, 1.807) is 24.3 Å². The molecule has 110 valence electrons. The number of halogens is 3. The van der Waals surface area contributed by atoms with E-state index in [1.807, 2.05) is 0 Å². The van der Waals surface area contributed by atoms with Gasteiger partial charge in [0.25, 0.3) is 5.91 Å². The summed E-state index contributed by atoms with van der Waals surface area (Å²) in [6.45, 7) is -0.204. The second kappa shape index (κ2) is 6.89. The molecule has 0 aliphatic carbocycles. The summed E-state index contributed by atoms with van der Waals surface area (Å²) in [5.41, 5.74) is 6.66. The maximum atomic E-state index is 11.8. The van der Waals surface area contributed by atoms with Gasteiger partial charge in [-0.3, -0.25) is 4.79 Å². The van der Waals surface area contributed by atoms with Gasteiger partial charge in [0.1, 0.15) is 5.75 Å². The third kappa shape index (κ3) is 4.43. The summed E-state index contributed by atoms with van der Waals surface area (Å²) < 4.78 is 5.32. The molecule has 0 saturated carbocycles. The molecule has 7 heteroatoms. The Balaban J connectivity index is 1.95. The van der Waals surface area contributed by atoms with Crippen LogP contribution in [0.1, 0.15) is 0 Å². The third-order valence-corrected chi connectivity index (χ3v) is 3.51. The zero-order valence-corrected chi connectivity index (χ0v) is 13.0. The Kier molecular flexibility index (Phi) is 5.17. The summed E-state index contributed by atoms with van der Waals surface area (Å²) in [6.07, 6.45) is 0. The average molecular weight is 346 g/mol. The van der Waals surface area contributed by atoms with Crippen molar-refractivity contribution in [2.24, 2.45) is 0 Å². The van der Waals surface area contributed by atoms with Crippen LogP contribution in [0.4, 0.5) is 11.4 Å². The summed E-state index contributed by atoms with van der Waals surface area (Å²) >= 11 is 17.4. The molecule has 2 aromatic rings. The van der Waals surface area contributed by atoms with E-state index in [9.17, 15) is 4.79 Å². The molecule has 4 nitrogen and oxygen atoms in total. The molecular formula is C14H11Cl3N2O2. The molecule has 21 heavy (non-hydrogen) atoms. The molecular weight excluding hydrogens is 335 g/mol. The monoisotopic (exact) mass is 344 g/mol. The first-order chi connectivity index (χ1) is 9.95. The third-order valence-electron chi connectivity index (χ3n) is 2.54. The molecule has 0 saturated heterocycles. The molecule has 0 heterocycles. The van der Waals surface area contributed by atoms with Gasteiger partial charge in [-0.05, 0) is 30.3 Å². The summed E-state index contributed by atoms with van der Waals surface area (Å²) in [7, 11) is 0. The zero-order valence-electron chi connectivity index (χ0n) is 10.7. The maximum Gasteiger partial charge on any atom is 0.262 e.